The molecule has 0 saturated heterocycles. The van der Waals surface area contributed by atoms with Crippen molar-refractivity contribution in [2.45, 2.75) is 68.9 Å². The van der Waals surface area contributed by atoms with Crippen molar-refractivity contribution in [1.82, 2.24) is 0 Å². The van der Waals surface area contributed by atoms with E-state index in [0.29, 0.717) is 5.75 Å². The molecule has 4 nitrogen and oxygen atoms in total. The van der Waals surface area contributed by atoms with Crippen LogP contribution in [0.3, 0.4) is 0 Å². The van der Waals surface area contributed by atoms with Gasteiger partial charge in [0.25, 0.3) is 0 Å². The molecule has 1 aliphatic heterocycles. The number of anilines is 1. The van der Waals surface area contributed by atoms with Crippen LogP contribution in [-0.2, 0) is 22.8 Å². The lowest BCUT2D eigenvalue weighted by atomic mass is 9.70. The minimum absolute atomic E-state index is 0.0198. The molecule has 1 fully saturated rings. The molecule has 8 heteroatoms. The summed E-state index contributed by atoms with van der Waals surface area (Å²) in [5, 5.41) is 8.93. The number of ether oxygens (including phenoxy) is 1. The lowest BCUT2D eigenvalue weighted by Gasteiger charge is -2.34. The second-order valence-electron chi connectivity index (χ2n) is 10.5. The van der Waals surface area contributed by atoms with Crippen LogP contribution in [0, 0.1) is 6.92 Å². The third-order valence-corrected chi connectivity index (χ3v) is 8.90. The Morgan fingerprint density at radius 2 is 1.74 bits per heavy atom. The van der Waals surface area contributed by atoms with Gasteiger partial charge in [-0.15, -0.1) is 0 Å². The van der Waals surface area contributed by atoms with E-state index in [0.717, 1.165) is 47.4 Å². The van der Waals surface area contributed by atoms with Gasteiger partial charge in [0.2, 0.25) is 0 Å². The Hall–Kier alpha value is -3.13. The van der Waals surface area contributed by atoms with Crippen molar-refractivity contribution in [3.8, 4) is 16.9 Å². The SMILES string of the molecule is CCc1cc(-c2ccc(C(F)(F)F)cc2)cc2c1N(Sc1ccc(OCC(=O)O)c(C)c1)CC21CCCCC1. The van der Waals surface area contributed by atoms with E-state index in [4.69, 9.17) is 9.84 Å². The molecule has 0 radical (unpaired) electrons. The van der Waals surface area contributed by atoms with Gasteiger partial charge in [-0.2, -0.15) is 13.2 Å². The Morgan fingerprint density at radius 3 is 2.36 bits per heavy atom. The van der Waals surface area contributed by atoms with Crippen molar-refractivity contribution >= 4 is 23.6 Å². The Morgan fingerprint density at radius 1 is 1.03 bits per heavy atom. The lowest BCUT2D eigenvalue weighted by molar-refractivity contribution is -0.139. The molecule has 206 valence electrons. The monoisotopic (exact) mass is 555 g/mol. The van der Waals surface area contributed by atoms with Crippen LogP contribution in [0.2, 0.25) is 0 Å². The lowest BCUT2D eigenvalue weighted by Crippen LogP contribution is -2.33. The molecule has 0 bridgehead atoms. The van der Waals surface area contributed by atoms with E-state index in [9.17, 15) is 18.0 Å². The van der Waals surface area contributed by atoms with Gasteiger partial charge in [0.05, 0.1) is 11.3 Å². The van der Waals surface area contributed by atoms with Crippen molar-refractivity contribution in [3.63, 3.8) is 0 Å². The van der Waals surface area contributed by atoms with Crippen LogP contribution in [0.25, 0.3) is 11.1 Å². The predicted molar refractivity (Wildman–Crippen MR) is 149 cm³/mol. The molecule has 2 aliphatic rings. The van der Waals surface area contributed by atoms with Crippen LogP contribution >= 0.6 is 11.9 Å². The maximum Gasteiger partial charge on any atom is 0.416 e. The molecule has 3 aromatic rings. The first kappa shape index (κ1) is 27.4. The Labute approximate surface area is 231 Å². The minimum atomic E-state index is -4.35. The highest BCUT2D eigenvalue weighted by Gasteiger charge is 2.45. The second-order valence-corrected chi connectivity index (χ2v) is 11.6. The first-order valence-corrected chi connectivity index (χ1v) is 14.1. The molecule has 0 amide bonds. The Kier molecular flexibility index (Phi) is 7.60. The molecule has 1 saturated carbocycles. The summed E-state index contributed by atoms with van der Waals surface area (Å²) < 4.78 is 47.3. The zero-order valence-corrected chi connectivity index (χ0v) is 22.9. The third-order valence-electron chi connectivity index (χ3n) is 7.91. The van der Waals surface area contributed by atoms with Gasteiger partial charge in [0, 0.05) is 16.9 Å². The molecule has 0 unspecified atom stereocenters. The number of halogens is 3. The van der Waals surface area contributed by atoms with Gasteiger partial charge in [0.1, 0.15) is 5.75 Å². The summed E-state index contributed by atoms with van der Waals surface area (Å²) in [7, 11) is 0. The fourth-order valence-electron chi connectivity index (χ4n) is 5.96. The molecule has 1 heterocycles. The van der Waals surface area contributed by atoms with E-state index in [-0.39, 0.29) is 12.0 Å². The van der Waals surface area contributed by atoms with Gasteiger partial charge in [-0.3, -0.25) is 0 Å². The van der Waals surface area contributed by atoms with E-state index in [1.165, 1.54) is 48.2 Å². The minimum Gasteiger partial charge on any atom is -0.482 e. The average Bonchev–Trinajstić information content (AvgIpc) is 3.19. The summed E-state index contributed by atoms with van der Waals surface area (Å²) in [6.45, 7) is 4.54. The number of aliphatic carboxylic acids is 1. The number of alkyl halides is 3. The highest BCUT2D eigenvalue weighted by Crippen LogP contribution is 2.54. The highest BCUT2D eigenvalue weighted by molar-refractivity contribution is 8.00. The van der Waals surface area contributed by atoms with Crippen molar-refractivity contribution in [3.05, 3.63) is 76.9 Å². The zero-order valence-electron chi connectivity index (χ0n) is 22.1. The van der Waals surface area contributed by atoms with Gasteiger partial charge in [-0.05, 0) is 108 Å². The third kappa shape index (κ3) is 5.62. The average molecular weight is 556 g/mol. The first-order chi connectivity index (χ1) is 18.6. The number of fused-ring (bicyclic) bond motifs is 2. The predicted octanol–water partition coefficient (Wildman–Crippen LogP) is 8.44. The van der Waals surface area contributed by atoms with Crippen LogP contribution in [0.1, 0.15) is 61.3 Å². The molecule has 39 heavy (non-hydrogen) atoms. The summed E-state index contributed by atoms with van der Waals surface area (Å²) >= 11 is 1.68. The van der Waals surface area contributed by atoms with Crippen LogP contribution in [0.4, 0.5) is 18.9 Å². The standard InChI is InChI=1S/C31H32F3NO3S/c1-3-21-16-23(22-7-9-24(10-8-22)31(32,33)34)17-26-29(21)35(19-30(26)13-5-4-6-14-30)39-25-11-12-27(20(2)15-25)38-18-28(36)37/h7-12,15-17H,3-6,13-14,18-19H2,1-2H3,(H,36,37). The number of carboxylic acids is 1. The molecule has 1 spiro atoms. The molecular weight excluding hydrogens is 523 g/mol. The fraction of sp³-hybridized carbons (Fsp3) is 0.387. The van der Waals surface area contributed by atoms with E-state index in [2.05, 4.69) is 23.4 Å². The summed E-state index contributed by atoms with van der Waals surface area (Å²) in [4.78, 5) is 11.9. The Balaban J connectivity index is 1.51. The van der Waals surface area contributed by atoms with Gasteiger partial charge in [-0.25, -0.2) is 4.79 Å². The van der Waals surface area contributed by atoms with Crippen LogP contribution in [-0.4, -0.2) is 24.2 Å². The van der Waals surface area contributed by atoms with Crippen molar-refractivity contribution in [2.24, 2.45) is 0 Å². The van der Waals surface area contributed by atoms with Crippen LogP contribution < -0.4 is 9.04 Å². The summed E-state index contributed by atoms with van der Waals surface area (Å²) in [6, 6.07) is 15.6. The maximum absolute atomic E-state index is 13.2. The number of rotatable bonds is 7. The summed E-state index contributed by atoms with van der Waals surface area (Å²) in [5.41, 5.74) is 5.75. The maximum atomic E-state index is 13.2. The van der Waals surface area contributed by atoms with Gasteiger partial charge in [0.15, 0.2) is 6.61 Å². The van der Waals surface area contributed by atoms with E-state index < -0.39 is 17.7 Å². The van der Waals surface area contributed by atoms with Gasteiger partial charge >= 0.3 is 12.1 Å². The van der Waals surface area contributed by atoms with Crippen molar-refractivity contribution in [2.75, 3.05) is 17.5 Å². The fourth-order valence-corrected chi connectivity index (χ4v) is 7.19. The smallest absolute Gasteiger partial charge is 0.416 e. The number of carboxylic acid groups (broad SMARTS) is 1. The molecule has 1 aliphatic carbocycles. The number of nitrogens with zero attached hydrogens (tertiary/aromatic N) is 1. The largest absolute Gasteiger partial charge is 0.482 e. The first-order valence-electron chi connectivity index (χ1n) is 13.4. The zero-order chi connectivity index (χ0) is 27.8. The summed E-state index contributed by atoms with van der Waals surface area (Å²) in [5.74, 6) is -0.454. The molecule has 1 N–H and O–H groups in total. The van der Waals surface area contributed by atoms with Crippen molar-refractivity contribution < 1.29 is 27.8 Å². The van der Waals surface area contributed by atoms with Gasteiger partial charge < -0.3 is 14.1 Å². The van der Waals surface area contributed by atoms with E-state index in [1.54, 1.807) is 24.1 Å². The number of hydrogen-bond donors (Lipinski definition) is 1. The second kappa shape index (κ2) is 10.8. The molecule has 0 aromatic heterocycles. The van der Waals surface area contributed by atoms with E-state index in [1.807, 2.05) is 25.1 Å². The topological polar surface area (TPSA) is 49.8 Å². The van der Waals surface area contributed by atoms with E-state index >= 15 is 0 Å². The molecule has 5 rings (SSSR count). The van der Waals surface area contributed by atoms with Gasteiger partial charge in [-0.1, -0.05) is 38.3 Å². The molecular formula is C31H32F3NO3S. The number of benzene rings is 3. The number of carbonyl (C=O) groups is 1. The normalized spacial score (nSPS) is 16.4. The van der Waals surface area contributed by atoms with Crippen LogP contribution in [0.15, 0.2) is 59.5 Å². The number of aryl methyl sites for hydroxylation is 2. The molecule has 0 atom stereocenters. The number of hydrogen-bond acceptors (Lipinski definition) is 4. The Bertz CT molecular complexity index is 1360. The highest BCUT2D eigenvalue weighted by atomic mass is 32.2. The van der Waals surface area contributed by atoms with Crippen LogP contribution in [0.5, 0.6) is 5.75 Å². The molecule has 3 aromatic carbocycles. The summed E-state index contributed by atoms with van der Waals surface area (Å²) in [6.07, 6.45) is 2.20. The van der Waals surface area contributed by atoms with Crippen molar-refractivity contribution in [1.29, 1.82) is 0 Å². The quantitative estimate of drug-likeness (QED) is 0.297.